The SMILES string of the molecule is Cc1c(Br)cc(S(=O)(=O)N[C@@H](C)C(=O)O)cc1[N+](=O)[O-]. The molecule has 110 valence electrons. The molecule has 2 N–H and O–H groups in total. The van der Waals surface area contributed by atoms with E-state index in [9.17, 15) is 23.3 Å². The number of sulfonamides is 1. The first-order chi connectivity index (χ1) is 9.06. The van der Waals surface area contributed by atoms with E-state index in [1.807, 2.05) is 4.72 Å². The maximum absolute atomic E-state index is 12.0. The molecule has 8 nitrogen and oxygen atoms in total. The van der Waals surface area contributed by atoms with Crippen LogP contribution >= 0.6 is 15.9 Å². The highest BCUT2D eigenvalue weighted by Gasteiger charge is 2.25. The number of nitrogens with zero attached hydrogens (tertiary/aromatic N) is 1. The van der Waals surface area contributed by atoms with Gasteiger partial charge in [-0.15, -0.1) is 0 Å². The summed E-state index contributed by atoms with van der Waals surface area (Å²) in [4.78, 5) is 20.4. The number of carboxylic acid groups (broad SMARTS) is 1. The normalized spacial score (nSPS) is 12.9. The van der Waals surface area contributed by atoms with Crippen molar-refractivity contribution in [3.63, 3.8) is 0 Å². The molecule has 0 heterocycles. The first-order valence-corrected chi connectivity index (χ1v) is 7.53. The molecule has 1 rings (SSSR count). The number of carboxylic acids is 1. The summed E-state index contributed by atoms with van der Waals surface area (Å²) in [5.41, 5.74) is -0.0945. The minimum Gasteiger partial charge on any atom is -0.480 e. The molecule has 1 aromatic carbocycles. The summed E-state index contributed by atoms with van der Waals surface area (Å²) in [7, 11) is -4.17. The van der Waals surface area contributed by atoms with Crippen LogP contribution in [0.15, 0.2) is 21.5 Å². The van der Waals surface area contributed by atoms with Crippen LogP contribution in [0.3, 0.4) is 0 Å². The van der Waals surface area contributed by atoms with Crippen molar-refractivity contribution < 1.29 is 23.2 Å². The Kier molecular flexibility index (Phi) is 4.84. The highest BCUT2D eigenvalue weighted by molar-refractivity contribution is 9.10. The van der Waals surface area contributed by atoms with Crippen molar-refractivity contribution >= 4 is 37.6 Å². The Bertz CT molecular complexity index is 673. The van der Waals surface area contributed by atoms with Crippen molar-refractivity contribution in [1.82, 2.24) is 4.72 Å². The second-order valence-corrected chi connectivity index (χ2v) is 6.56. The van der Waals surface area contributed by atoms with E-state index >= 15 is 0 Å². The zero-order valence-corrected chi connectivity index (χ0v) is 12.9. The third kappa shape index (κ3) is 3.52. The summed E-state index contributed by atoms with van der Waals surface area (Å²) < 4.78 is 26.1. The van der Waals surface area contributed by atoms with E-state index < -0.39 is 27.0 Å². The molecule has 0 aliphatic rings. The van der Waals surface area contributed by atoms with Crippen LogP contribution in [0.5, 0.6) is 0 Å². The predicted molar refractivity (Wildman–Crippen MR) is 73.0 cm³/mol. The molecule has 0 fully saturated rings. The van der Waals surface area contributed by atoms with Gasteiger partial charge in [0.05, 0.1) is 9.82 Å². The van der Waals surface area contributed by atoms with Crippen LogP contribution < -0.4 is 4.72 Å². The Morgan fingerprint density at radius 3 is 2.50 bits per heavy atom. The van der Waals surface area contributed by atoms with Crippen LogP contribution in [0.4, 0.5) is 5.69 Å². The molecule has 0 saturated carbocycles. The van der Waals surface area contributed by atoms with Crippen molar-refractivity contribution in [2.45, 2.75) is 24.8 Å². The van der Waals surface area contributed by atoms with E-state index in [2.05, 4.69) is 15.9 Å². The van der Waals surface area contributed by atoms with Crippen molar-refractivity contribution in [3.05, 3.63) is 32.3 Å². The fourth-order valence-electron chi connectivity index (χ4n) is 1.34. The van der Waals surface area contributed by atoms with Crippen LogP contribution in [-0.4, -0.2) is 30.5 Å². The van der Waals surface area contributed by atoms with Crippen LogP contribution in [0.1, 0.15) is 12.5 Å². The molecular formula is C10H11BrN2O6S. The number of benzene rings is 1. The van der Waals surface area contributed by atoms with Crippen LogP contribution in [0.25, 0.3) is 0 Å². The number of carbonyl (C=O) groups is 1. The summed E-state index contributed by atoms with van der Waals surface area (Å²) in [6, 6.07) is 0.718. The van der Waals surface area contributed by atoms with E-state index in [1.54, 1.807) is 0 Å². The second-order valence-electron chi connectivity index (χ2n) is 3.99. The molecule has 0 unspecified atom stereocenters. The average molecular weight is 367 g/mol. The highest BCUT2D eigenvalue weighted by Crippen LogP contribution is 2.29. The van der Waals surface area contributed by atoms with Gasteiger partial charge >= 0.3 is 5.97 Å². The summed E-state index contributed by atoms with van der Waals surface area (Å²) >= 11 is 3.04. The Balaban J connectivity index is 3.33. The number of halogens is 1. The van der Waals surface area contributed by atoms with Crippen LogP contribution in [0.2, 0.25) is 0 Å². The fourth-order valence-corrected chi connectivity index (χ4v) is 3.18. The minimum atomic E-state index is -4.17. The second kappa shape index (κ2) is 5.85. The minimum absolute atomic E-state index is 0.245. The van der Waals surface area contributed by atoms with Gasteiger partial charge in [0.1, 0.15) is 6.04 Å². The third-order valence-corrected chi connectivity index (χ3v) is 4.84. The Hall–Kier alpha value is -1.52. The Morgan fingerprint density at radius 1 is 1.50 bits per heavy atom. The number of hydrogen-bond acceptors (Lipinski definition) is 5. The van der Waals surface area contributed by atoms with Gasteiger partial charge in [-0.2, -0.15) is 4.72 Å². The van der Waals surface area contributed by atoms with Gasteiger partial charge in [0.25, 0.3) is 5.69 Å². The van der Waals surface area contributed by atoms with Gasteiger partial charge in [-0.1, -0.05) is 15.9 Å². The maximum Gasteiger partial charge on any atom is 0.321 e. The lowest BCUT2D eigenvalue weighted by atomic mass is 10.2. The molecule has 0 radical (unpaired) electrons. The lowest BCUT2D eigenvalue weighted by molar-refractivity contribution is -0.385. The highest BCUT2D eigenvalue weighted by atomic mass is 79.9. The molecule has 0 aliphatic heterocycles. The van der Waals surface area contributed by atoms with Gasteiger partial charge in [-0.25, -0.2) is 8.42 Å². The topological polar surface area (TPSA) is 127 Å². The van der Waals surface area contributed by atoms with Crippen LogP contribution in [0, 0.1) is 17.0 Å². The summed E-state index contributed by atoms with van der Waals surface area (Å²) in [6.07, 6.45) is 0. The van der Waals surface area contributed by atoms with Gasteiger partial charge in [0.2, 0.25) is 10.0 Å². The van der Waals surface area contributed by atoms with Gasteiger partial charge in [0, 0.05) is 16.1 Å². The Labute approximate surface area is 123 Å². The molecule has 1 aromatic rings. The number of hydrogen-bond donors (Lipinski definition) is 2. The zero-order valence-electron chi connectivity index (χ0n) is 10.5. The summed E-state index contributed by atoms with van der Waals surface area (Å²) in [5, 5.41) is 19.5. The first kappa shape index (κ1) is 16.5. The van der Waals surface area contributed by atoms with E-state index in [-0.39, 0.29) is 20.6 Å². The van der Waals surface area contributed by atoms with E-state index in [0.29, 0.717) is 0 Å². The van der Waals surface area contributed by atoms with Gasteiger partial charge in [0.15, 0.2) is 0 Å². The van der Waals surface area contributed by atoms with Crippen molar-refractivity contribution in [2.75, 3.05) is 0 Å². The van der Waals surface area contributed by atoms with Crippen molar-refractivity contribution in [1.29, 1.82) is 0 Å². The number of aliphatic carboxylic acids is 1. The quantitative estimate of drug-likeness (QED) is 0.599. The molecule has 0 spiro atoms. The van der Waals surface area contributed by atoms with Crippen molar-refractivity contribution in [3.8, 4) is 0 Å². The van der Waals surface area contributed by atoms with E-state index in [1.165, 1.54) is 13.0 Å². The van der Waals surface area contributed by atoms with Gasteiger partial charge in [-0.3, -0.25) is 14.9 Å². The molecule has 20 heavy (non-hydrogen) atoms. The molecule has 0 amide bonds. The molecule has 10 heteroatoms. The third-order valence-electron chi connectivity index (χ3n) is 2.50. The standard InChI is InChI=1S/C10H11BrN2O6S/c1-5-8(11)3-7(4-9(5)13(16)17)20(18,19)12-6(2)10(14)15/h3-4,6,12H,1-2H3,(H,14,15)/t6-/m0/s1. The summed E-state index contributed by atoms with van der Waals surface area (Å²) in [6.45, 7) is 2.61. The first-order valence-electron chi connectivity index (χ1n) is 5.26. The number of rotatable bonds is 5. The van der Waals surface area contributed by atoms with Crippen molar-refractivity contribution in [2.24, 2.45) is 0 Å². The maximum atomic E-state index is 12.0. The Morgan fingerprint density at radius 2 is 2.05 bits per heavy atom. The smallest absolute Gasteiger partial charge is 0.321 e. The number of nitro groups is 1. The lowest BCUT2D eigenvalue weighted by Gasteiger charge is -2.11. The molecule has 0 saturated heterocycles. The molecule has 0 aliphatic carbocycles. The van der Waals surface area contributed by atoms with Crippen LogP contribution in [-0.2, 0) is 14.8 Å². The monoisotopic (exact) mass is 366 g/mol. The predicted octanol–water partition coefficient (Wildman–Crippen LogP) is 1.42. The lowest BCUT2D eigenvalue weighted by Crippen LogP contribution is -2.38. The van der Waals surface area contributed by atoms with E-state index in [0.717, 1.165) is 13.0 Å². The number of nitro benzene ring substituents is 1. The molecule has 1 atom stereocenters. The largest absolute Gasteiger partial charge is 0.480 e. The molecular weight excluding hydrogens is 356 g/mol. The van der Waals surface area contributed by atoms with E-state index in [4.69, 9.17) is 5.11 Å². The average Bonchev–Trinajstić information content (AvgIpc) is 2.31. The zero-order chi connectivity index (χ0) is 15.7. The number of nitrogens with one attached hydrogen (secondary N) is 1. The fraction of sp³-hybridized carbons (Fsp3) is 0.300. The molecule has 0 aromatic heterocycles. The summed E-state index contributed by atoms with van der Waals surface area (Å²) in [5.74, 6) is -1.35. The molecule has 0 bridgehead atoms. The van der Waals surface area contributed by atoms with Gasteiger partial charge < -0.3 is 5.11 Å². The van der Waals surface area contributed by atoms with Gasteiger partial charge in [-0.05, 0) is 19.9 Å².